The fourth-order valence-electron chi connectivity index (χ4n) is 3.83. The van der Waals surface area contributed by atoms with Gasteiger partial charge < -0.3 is 19.9 Å². The number of anilines is 2. The van der Waals surface area contributed by atoms with Crippen molar-refractivity contribution in [2.45, 2.75) is 26.6 Å². The summed E-state index contributed by atoms with van der Waals surface area (Å²) in [5, 5.41) is 5.33. The number of hydrogen-bond acceptors (Lipinski definition) is 6. The van der Waals surface area contributed by atoms with E-state index in [-0.39, 0.29) is 23.6 Å². The molecular weight excluding hydrogens is 464 g/mol. The van der Waals surface area contributed by atoms with Gasteiger partial charge in [-0.2, -0.15) is 0 Å². The zero-order chi connectivity index (χ0) is 25.7. The molecule has 36 heavy (non-hydrogen) atoms. The average molecular weight is 491 g/mol. The lowest BCUT2D eigenvalue weighted by Crippen LogP contribution is -2.43. The smallest absolute Gasteiger partial charge is 0.333 e. The predicted octanol–water partition coefficient (Wildman–Crippen LogP) is 1.65. The number of carbonyl (C=O) groups excluding carboxylic acids is 2. The van der Waals surface area contributed by atoms with Gasteiger partial charge in [-0.3, -0.25) is 19.0 Å². The highest BCUT2D eigenvalue weighted by molar-refractivity contribution is 5.92. The maximum absolute atomic E-state index is 13.4. The molecule has 0 aliphatic heterocycles. The van der Waals surface area contributed by atoms with Gasteiger partial charge in [-0.05, 0) is 29.8 Å². The molecule has 2 amide bonds. The third kappa shape index (κ3) is 5.41. The molecule has 0 saturated carbocycles. The van der Waals surface area contributed by atoms with Crippen LogP contribution < -0.4 is 21.9 Å². The van der Waals surface area contributed by atoms with E-state index in [1.807, 2.05) is 30.3 Å². The maximum atomic E-state index is 13.4. The van der Waals surface area contributed by atoms with E-state index in [1.165, 1.54) is 17.8 Å². The normalized spacial score (nSPS) is 10.9. The number of benzene rings is 2. The first-order valence-corrected chi connectivity index (χ1v) is 11.3. The first kappa shape index (κ1) is 24.6. The lowest BCUT2D eigenvalue weighted by Gasteiger charge is -2.13. The fourth-order valence-corrected chi connectivity index (χ4v) is 3.83. The molecule has 0 fully saturated rings. The van der Waals surface area contributed by atoms with Gasteiger partial charge in [0.05, 0.1) is 19.5 Å². The van der Waals surface area contributed by atoms with E-state index in [9.17, 15) is 19.2 Å². The van der Waals surface area contributed by atoms with Crippen molar-refractivity contribution < 1.29 is 14.3 Å². The minimum absolute atomic E-state index is 0.184. The van der Waals surface area contributed by atoms with Crippen LogP contribution in [0.1, 0.15) is 12.5 Å². The number of aromatic nitrogens is 4. The van der Waals surface area contributed by atoms with Crippen LogP contribution in [-0.2, 0) is 34.0 Å². The number of carbonyl (C=O) groups is 2. The molecule has 0 unspecified atom stereocenters. The molecule has 186 valence electrons. The minimum Gasteiger partial charge on any atom is -0.383 e. The van der Waals surface area contributed by atoms with Gasteiger partial charge in [0.25, 0.3) is 5.56 Å². The highest BCUT2D eigenvalue weighted by Crippen LogP contribution is 2.14. The second-order valence-corrected chi connectivity index (χ2v) is 8.16. The Kier molecular flexibility index (Phi) is 7.40. The van der Waals surface area contributed by atoms with E-state index in [2.05, 4.69) is 15.6 Å². The van der Waals surface area contributed by atoms with Crippen LogP contribution in [0.3, 0.4) is 0 Å². The molecule has 4 aromatic rings. The summed E-state index contributed by atoms with van der Waals surface area (Å²) in [6.07, 6.45) is 1.49. The SMILES string of the molecule is COCCn1cnc2c1c(=O)n(CC(=O)Nc1ccc(NC(C)=O)cc1)c(=O)n2Cc1ccccc1. The van der Waals surface area contributed by atoms with Gasteiger partial charge in [0, 0.05) is 32.0 Å². The summed E-state index contributed by atoms with van der Waals surface area (Å²) in [7, 11) is 1.55. The number of amides is 2. The number of hydrogen-bond donors (Lipinski definition) is 2. The lowest BCUT2D eigenvalue weighted by atomic mass is 10.2. The number of nitrogens with zero attached hydrogens (tertiary/aromatic N) is 4. The number of imidazole rings is 1. The molecule has 0 aliphatic carbocycles. The predicted molar refractivity (Wildman–Crippen MR) is 135 cm³/mol. The zero-order valence-corrected chi connectivity index (χ0v) is 19.9. The van der Waals surface area contributed by atoms with Gasteiger partial charge in [0.15, 0.2) is 11.2 Å². The van der Waals surface area contributed by atoms with Crippen molar-refractivity contribution in [3.05, 3.63) is 87.3 Å². The number of rotatable bonds is 9. The standard InChI is InChI=1S/C25H26N6O5/c1-17(32)27-19-8-10-20(11-9-19)28-21(33)15-31-24(34)22-23(26-16-29(22)12-13-36-2)30(25(31)35)14-18-6-4-3-5-7-18/h3-11,16H,12-15H2,1-2H3,(H,27,32)(H,28,33). The van der Waals surface area contributed by atoms with Crippen LogP contribution in [0.2, 0.25) is 0 Å². The van der Waals surface area contributed by atoms with Crippen molar-refractivity contribution >= 4 is 34.4 Å². The van der Waals surface area contributed by atoms with Crippen molar-refractivity contribution in [3.63, 3.8) is 0 Å². The molecule has 0 spiro atoms. The van der Waals surface area contributed by atoms with Crippen LogP contribution in [0.15, 0.2) is 70.5 Å². The van der Waals surface area contributed by atoms with Crippen LogP contribution in [0, 0.1) is 0 Å². The summed E-state index contributed by atoms with van der Waals surface area (Å²) < 4.78 is 9.06. The Hall–Kier alpha value is -4.51. The first-order chi connectivity index (χ1) is 17.4. The summed E-state index contributed by atoms with van der Waals surface area (Å²) in [5.74, 6) is -0.756. The summed E-state index contributed by atoms with van der Waals surface area (Å²) in [4.78, 5) is 55.1. The fraction of sp³-hybridized carbons (Fsp3) is 0.240. The molecule has 2 aromatic carbocycles. The second-order valence-electron chi connectivity index (χ2n) is 8.16. The van der Waals surface area contributed by atoms with Gasteiger partial charge in [-0.1, -0.05) is 30.3 Å². The van der Waals surface area contributed by atoms with Crippen LogP contribution in [0.4, 0.5) is 11.4 Å². The van der Waals surface area contributed by atoms with Crippen LogP contribution in [-0.4, -0.2) is 44.2 Å². The quantitative estimate of drug-likeness (QED) is 0.367. The zero-order valence-electron chi connectivity index (χ0n) is 19.9. The molecule has 2 aromatic heterocycles. The minimum atomic E-state index is -0.635. The Balaban J connectivity index is 1.69. The average Bonchev–Trinajstić information content (AvgIpc) is 3.28. The van der Waals surface area contributed by atoms with Crippen molar-refractivity contribution in [1.29, 1.82) is 0 Å². The number of fused-ring (bicyclic) bond motifs is 1. The summed E-state index contributed by atoms with van der Waals surface area (Å²) in [6, 6.07) is 15.8. The Morgan fingerprint density at radius 3 is 2.25 bits per heavy atom. The molecule has 2 N–H and O–H groups in total. The summed E-state index contributed by atoms with van der Waals surface area (Å²) in [5.41, 5.74) is 1.10. The molecule has 2 heterocycles. The Morgan fingerprint density at radius 2 is 1.61 bits per heavy atom. The maximum Gasteiger partial charge on any atom is 0.333 e. The number of methoxy groups -OCH3 is 1. The topological polar surface area (TPSA) is 129 Å². The van der Waals surface area contributed by atoms with E-state index in [1.54, 1.807) is 35.9 Å². The van der Waals surface area contributed by atoms with Gasteiger partial charge in [0.1, 0.15) is 6.54 Å². The van der Waals surface area contributed by atoms with Gasteiger partial charge in [-0.25, -0.2) is 14.3 Å². The van der Waals surface area contributed by atoms with E-state index < -0.39 is 23.7 Å². The molecule has 4 rings (SSSR count). The Labute approximate surface area is 206 Å². The first-order valence-electron chi connectivity index (χ1n) is 11.3. The third-order valence-corrected chi connectivity index (χ3v) is 5.49. The lowest BCUT2D eigenvalue weighted by molar-refractivity contribution is -0.117. The van der Waals surface area contributed by atoms with Crippen molar-refractivity contribution in [1.82, 2.24) is 18.7 Å². The molecule has 11 nitrogen and oxygen atoms in total. The second kappa shape index (κ2) is 10.8. The molecule has 0 bridgehead atoms. The number of ether oxygens (including phenoxy) is 1. The molecule has 0 radical (unpaired) electrons. The highest BCUT2D eigenvalue weighted by atomic mass is 16.5. The van der Waals surface area contributed by atoms with Crippen LogP contribution in [0.25, 0.3) is 11.2 Å². The van der Waals surface area contributed by atoms with E-state index in [0.29, 0.717) is 24.5 Å². The van der Waals surface area contributed by atoms with Crippen LogP contribution in [0.5, 0.6) is 0 Å². The molecule has 11 heteroatoms. The van der Waals surface area contributed by atoms with E-state index in [0.717, 1.165) is 10.1 Å². The van der Waals surface area contributed by atoms with Crippen LogP contribution >= 0.6 is 0 Å². The molecule has 0 saturated heterocycles. The van der Waals surface area contributed by atoms with Crippen molar-refractivity contribution in [2.24, 2.45) is 0 Å². The molecular formula is C25H26N6O5. The third-order valence-electron chi connectivity index (χ3n) is 5.49. The highest BCUT2D eigenvalue weighted by Gasteiger charge is 2.20. The van der Waals surface area contributed by atoms with E-state index in [4.69, 9.17) is 4.74 Å². The Morgan fingerprint density at radius 1 is 0.944 bits per heavy atom. The Bertz CT molecular complexity index is 1500. The molecule has 0 atom stereocenters. The van der Waals surface area contributed by atoms with E-state index >= 15 is 0 Å². The monoisotopic (exact) mass is 490 g/mol. The molecule has 0 aliphatic rings. The van der Waals surface area contributed by atoms with Gasteiger partial charge in [-0.15, -0.1) is 0 Å². The van der Waals surface area contributed by atoms with Gasteiger partial charge in [0.2, 0.25) is 11.8 Å². The summed E-state index contributed by atoms with van der Waals surface area (Å²) in [6.45, 7) is 1.81. The van der Waals surface area contributed by atoms with Crippen molar-refractivity contribution in [3.8, 4) is 0 Å². The van der Waals surface area contributed by atoms with Gasteiger partial charge >= 0.3 is 5.69 Å². The largest absolute Gasteiger partial charge is 0.383 e. The van der Waals surface area contributed by atoms with Crippen molar-refractivity contribution in [2.75, 3.05) is 24.4 Å². The number of nitrogens with one attached hydrogen (secondary N) is 2. The summed E-state index contributed by atoms with van der Waals surface area (Å²) >= 11 is 0.